The molecule has 1 heterocycles. The van der Waals surface area contributed by atoms with Crippen LogP contribution in [0.5, 0.6) is 5.75 Å². The van der Waals surface area contributed by atoms with Gasteiger partial charge in [0.15, 0.2) is 0 Å². The van der Waals surface area contributed by atoms with Crippen molar-refractivity contribution in [3.63, 3.8) is 0 Å². The predicted molar refractivity (Wildman–Crippen MR) is 124 cm³/mol. The summed E-state index contributed by atoms with van der Waals surface area (Å²) < 4.78 is 32.1. The molecule has 1 atom stereocenters. The minimum absolute atomic E-state index is 0.0903. The molecule has 3 rings (SSSR count). The van der Waals surface area contributed by atoms with Gasteiger partial charge in [-0.25, -0.2) is 8.42 Å². The van der Waals surface area contributed by atoms with Gasteiger partial charge in [-0.05, 0) is 57.4 Å². The van der Waals surface area contributed by atoms with E-state index in [1.165, 1.54) is 10.6 Å². The number of benzene rings is 2. The van der Waals surface area contributed by atoms with E-state index in [0.29, 0.717) is 18.5 Å². The van der Waals surface area contributed by atoms with Crippen molar-refractivity contribution in [2.45, 2.75) is 58.6 Å². The van der Waals surface area contributed by atoms with Crippen LogP contribution in [0.25, 0.3) is 0 Å². The number of ether oxygens (including phenoxy) is 1. The van der Waals surface area contributed by atoms with Gasteiger partial charge in [-0.1, -0.05) is 30.3 Å². The molecule has 1 N–H and O–H groups in total. The normalized spacial score (nSPS) is 17.4. The Hall–Kier alpha value is -2.54. The minimum atomic E-state index is -3.44. The van der Waals surface area contributed by atoms with E-state index in [1.807, 2.05) is 64.1 Å². The van der Waals surface area contributed by atoms with Crippen molar-refractivity contribution in [1.29, 1.82) is 0 Å². The van der Waals surface area contributed by atoms with Gasteiger partial charge in [0, 0.05) is 24.9 Å². The number of nitrogens with zero attached hydrogens (tertiary/aromatic N) is 1. The summed E-state index contributed by atoms with van der Waals surface area (Å²) in [6.45, 7) is 8.19. The third-order valence-electron chi connectivity index (χ3n) is 5.51. The van der Waals surface area contributed by atoms with Crippen LogP contribution in [-0.4, -0.2) is 32.7 Å². The first-order valence-electron chi connectivity index (χ1n) is 10.6. The minimum Gasteiger partial charge on any atom is -0.487 e. The maximum Gasteiger partial charge on any atom is 0.232 e. The van der Waals surface area contributed by atoms with E-state index in [4.69, 9.17) is 4.74 Å². The Kier molecular flexibility index (Phi) is 6.65. The smallest absolute Gasteiger partial charge is 0.232 e. The molecule has 1 aliphatic heterocycles. The molecule has 0 unspecified atom stereocenters. The zero-order valence-corrected chi connectivity index (χ0v) is 19.8. The van der Waals surface area contributed by atoms with Crippen molar-refractivity contribution in [1.82, 2.24) is 5.32 Å². The number of fused-ring (bicyclic) bond motifs is 1. The average Bonchev–Trinajstić information content (AvgIpc) is 2.64. The van der Waals surface area contributed by atoms with Crippen molar-refractivity contribution in [3.05, 3.63) is 59.2 Å². The second-order valence-corrected chi connectivity index (χ2v) is 10.9. The van der Waals surface area contributed by atoms with Gasteiger partial charge in [-0.3, -0.25) is 9.10 Å². The van der Waals surface area contributed by atoms with Gasteiger partial charge in [0.25, 0.3) is 0 Å². The number of carbonyl (C=O) groups excluding carboxylic acids is 1. The highest BCUT2D eigenvalue weighted by atomic mass is 32.2. The summed E-state index contributed by atoms with van der Waals surface area (Å²) in [5, 5.41) is 3.13. The van der Waals surface area contributed by atoms with Crippen LogP contribution >= 0.6 is 0 Å². The molecule has 0 spiro atoms. The van der Waals surface area contributed by atoms with E-state index in [9.17, 15) is 13.2 Å². The third-order valence-corrected chi connectivity index (χ3v) is 6.69. The molecule has 2 aromatic carbocycles. The van der Waals surface area contributed by atoms with Crippen LogP contribution in [0.1, 0.15) is 55.8 Å². The number of nitrogens with one attached hydrogen (secondary N) is 1. The SMILES string of the molecule is Cc1ccc2c(c1)OC(C)(C)C[C@H]2NC(=O)CCCN(c1ccccc1C)S(C)(=O)=O. The largest absolute Gasteiger partial charge is 0.487 e. The van der Waals surface area contributed by atoms with Crippen molar-refractivity contribution in [3.8, 4) is 5.75 Å². The molecule has 0 aliphatic carbocycles. The molecule has 6 nitrogen and oxygen atoms in total. The number of rotatable bonds is 7. The summed E-state index contributed by atoms with van der Waals surface area (Å²) in [4.78, 5) is 12.7. The number of anilines is 1. The maximum absolute atomic E-state index is 12.7. The summed E-state index contributed by atoms with van der Waals surface area (Å²) >= 11 is 0. The second kappa shape index (κ2) is 8.91. The standard InChI is InChI=1S/C24H32N2O4S/c1-17-12-13-19-20(16-24(3,4)30-22(19)15-17)25-23(27)11-8-14-26(31(5,28)29)21-10-7-6-9-18(21)2/h6-7,9-10,12-13,15,20H,8,11,14,16H2,1-5H3,(H,25,27)/t20-/m1/s1. The number of hydrogen-bond donors (Lipinski definition) is 1. The molecule has 7 heteroatoms. The summed E-state index contributed by atoms with van der Waals surface area (Å²) in [5.41, 5.74) is 3.25. The molecular formula is C24H32N2O4S. The molecule has 1 aliphatic rings. The maximum atomic E-state index is 12.7. The molecule has 0 fully saturated rings. The van der Waals surface area contributed by atoms with Crippen LogP contribution in [0.4, 0.5) is 5.69 Å². The van der Waals surface area contributed by atoms with Crippen LogP contribution in [0.2, 0.25) is 0 Å². The Labute approximate surface area is 185 Å². The highest BCUT2D eigenvalue weighted by molar-refractivity contribution is 7.92. The first kappa shape index (κ1) is 23.1. The average molecular weight is 445 g/mol. The number of para-hydroxylation sites is 1. The van der Waals surface area contributed by atoms with Crippen LogP contribution in [0, 0.1) is 13.8 Å². The highest BCUT2D eigenvalue weighted by Gasteiger charge is 2.34. The first-order chi connectivity index (χ1) is 14.5. The lowest BCUT2D eigenvalue weighted by atomic mass is 9.89. The lowest BCUT2D eigenvalue weighted by Gasteiger charge is -2.38. The molecule has 1 amide bonds. The number of amides is 1. The third kappa shape index (κ3) is 5.79. The van der Waals surface area contributed by atoms with E-state index >= 15 is 0 Å². The van der Waals surface area contributed by atoms with E-state index in [-0.39, 0.29) is 30.5 Å². The number of carbonyl (C=O) groups is 1. The molecule has 0 aromatic heterocycles. The molecule has 0 radical (unpaired) electrons. The molecule has 2 aromatic rings. The lowest BCUT2D eigenvalue weighted by Crippen LogP contribution is -2.41. The monoisotopic (exact) mass is 444 g/mol. The summed E-state index contributed by atoms with van der Waals surface area (Å²) in [7, 11) is -3.44. The zero-order chi connectivity index (χ0) is 22.8. The zero-order valence-electron chi connectivity index (χ0n) is 18.9. The number of aryl methyl sites for hydroxylation is 2. The molecule has 168 valence electrons. The topological polar surface area (TPSA) is 75.7 Å². The van der Waals surface area contributed by atoms with E-state index in [1.54, 1.807) is 6.07 Å². The van der Waals surface area contributed by atoms with Crippen LogP contribution < -0.4 is 14.4 Å². The number of hydrogen-bond acceptors (Lipinski definition) is 4. The quantitative estimate of drug-likeness (QED) is 0.692. The van der Waals surface area contributed by atoms with Crippen LogP contribution in [-0.2, 0) is 14.8 Å². The Bertz CT molecular complexity index is 1060. The van der Waals surface area contributed by atoms with Crippen molar-refractivity contribution in [2.24, 2.45) is 0 Å². The Morgan fingerprint density at radius 1 is 1.19 bits per heavy atom. The molecular weight excluding hydrogens is 412 g/mol. The highest BCUT2D eigenvalue weighted by Crippen LogP contribution is 2.40. The lowest BCUT2D eigenvalue weighted by molar-refractivity contribution is -0.122. The van der Waals surface area contributed by atoms with Gasteiger partial charge in [0.2, 0.25) is 15.9 Å². The fraction of sp³-hybridized carbons (Fsp3) is 0.458. The fourth-order valence-corrected chi connectivity index (χ4v) is 5.07. The first-order valence-corrected chi connectivity index (χ1v) is 12.4. The predicted octanol–water partition coefficient (Wildman–Crippen LogP) is 4.27. The van der Waals surface area contributed by atoms with Gasteiger partial charge in [0.1, 0.15) is 11.4 Å². The summed E-state index contributed by atoms with van der Waals surface area (Å²) in [6, 6.07) is 13.3. The summed E-state index contributed by atoms with van der Waals surface area (Å²) in [5.74, 6) is 0.719. The van der Waals surface area contributed by atoms with Crippen LogP contribution in [0.3, 0.4) is 0 Å². The molecule has 0 saturated heterocycles. The van der Waals surface area contributed by atoms with E-state index in [0.717, 1.165) is 22.4 Å². The number of sulfonamides is 1. The fourth-order valence-electron chi connectivity index (χ4n) is 4.05. The van der Waals surface area contributed by atoms with Crippen molar-refractivity contribution >= 4 is 21.6 Å². The molecule has 31 heavy (non-hydrogen) atoms. The van der Waals surface area contributed by atoms with E-state index in [2.05, 4.69) is 5.32 Å². The van der Waals surface area contributed by atoms with Gasteiger partial charge >= 0.3 is 0 Å². The van der Waals surface area contributed by atoms with Gasteiger partial charge in [-0.2, -0.15) is 0 Å². The Balaban J connectivity index is 1.66. The van der Waals surface area contributed by atoms with E-state index < -0.39 is 10.0 Å². The second-order valence-electron chi connectivity index (χ2n) is 8.95. The molecule has 0 bridgehead atoms. The van der Waals surface area contributed by atoms with Crippen molar-refractivity contribution in [2.75, 3.05) is 17.1 Å². The van der Waals surface area contributed by atoms with Gasteiger partial charge in [0.05, 0.1) is 18.0 Å². The van der Waals surface area contributed by atoms with Crippen molar-refractivity contribution < 1.29 is 17.9 Å². The Morgan fingerprint density at radius 3 is 2.58 bits per heavy atom. The van der Waals surface area contributed by atoms with Crippen LogP contribution in [0.15, 0.2) is 42.5 Å². The molecule has 0 saturated carbocycles. The Morgan fingerprint density at radius 2 is 1.90 bits per heavy atom. The van der Waals surface area contributed by atoms with Gasteiger partial charge < -0.3 is 10.1 Å². The van der Waals surface area contributed by atoms with Gasteiger partial charge in [-0.15, -0.1) is 0 Å². The summed E-state index contributed by atoms with van der Waals surface area (Å²) in [6.07, 6.45) is 2.55.